The topological polar surface area (TPSA) is 98.2 Å². The number of phenolic OH excluding ortho intramolecular Hbond substituents is 1. The largest absolute Gasteiger partial charge is 0.507 e. The van der Waals surface area contributed by atoms with Crippen molar-refractivity contribution in [3.63, 3.8) is 0 Å². The molecule has 2 aromatic carbocycles. The van der Waals surface area contributed by atoms with Crippen LogP contribution in [0.2, 0.25) is 0 Å². The highest BCUT2D eigenvalue weighted by Crippen LogP contribution is 2.27. The Kier molecular flexibility index (Phi) is 6.95. The molecule has 4 rings (SSSR count). The van der Waals surface area contributed by atoms with Gasteiger partial charge in [-0.2, -0.15) is 4.31 Å². The van der Waals surface area contributed by atoms with E-state index in [1.54, 1.807) is 46.2 Å². The Labute approximate surface area is 200 Å². The number of nitrogens with zero attached hydrogens (tertiary/aromatic N) is 3. The van der Waals surface area contributed by atoms with Crippen molar-refractivity contribution in [2.45, 2.75) is 25.2 Å². The lowest BCUT2D eigenvalue weighted by Gasteiger charge is -2.35. The first-order chi connectivity index (χ1) is 16.2. The second-order valence-corrected chi connectivity index (χ2v) is 11.3. The van der Waals surface area contributed by atoms with Crippen molar-refractivity contribution in [2.24, 2.45) is 11.8 Å². The molecule has 9 heteroatoms. The molecular weight excluding hydrogens is 454 g/mol. The number of benzene rings is 2. The quantitative estimate of drug-likeness (QED) is 0.718. The standard InChI is InChI=1S/C25H31N3O5S/c1-18-14-19(2)17-28(16-18)34(32,33)21-7-5-6-20(15-21)24(30)26-10-12-27(13-11-26)25(31)22-8-3-4-9-23(22)29/h3-9,15,18-19,29H,10-14,16-17H2,1-2H3. The molecule has 0 spiro atoms. The molecule has 2 aliphatic rings. The molecule has 2 saturated heterocycles. The van der Waals surface area contributed by atoms with E-state index in [2.05, 4.69) is 13.8 Å². The van der Waals surface area contributed by atoms with E-state index in [9.17, 15) is 23.1 Å². The summed E-state index contributed by atoms with van der Waals surface area (Å²) in [5.41, 5.74) is 0.557. The van der Waals surface area contributed by atoms with Crippen molar-refractivity contribution in [3.8, 4) is 5.75 Å². The van der Waals surface area contributed by atoms with E-state index in [1.807, 2.05) is 0 Å². The van der Waals surface area contributed by atoms with Gasteiger partial charge in [0.15, 0.2) is 0 Å². The number of aromatic hydroxyl groups is 1. The molecular formula is C25H31N3O5S. The van der Waals surface area contributed by atoms with Crippen LogP contribution in [0.3, 0.4) is 0 Å². The Hall–Kier alpha value is -2.91. The summed E-state index contributed by atoms with van der Waals surface area (Å²) in [6.07, 6.45) is 1.00. The van der Waals surface area contributed by atoms with Gasteiger partial charge in [-0.15, -0.1) is 0 Å². The number of piperidine rings is 1. The summed E-state index contributed by atoms with van der Waals surface area (Å²) >= 11 is 0. The third-order valence-corrected chi connectivity index (χ3v) is 8.37. The number of hydrogen-bond donors (Lipinski definition) is 1. The number of piperazine rings is 1. The van der Waals surface area contributed by atoms with Crippen LogP contribution in [0.15, 0.2) is 53.4 Å². The van der Waals surface area contributed by atoms with Gasteiger partial charge in [0.25, 0.3) is 11.8 Å². The summed E-state index contributed by atoms with van der Waals surface area (Å²) in [4.78, 5) is 29.2. The molecule has 2 aliphatic heterocycles. The van der Waals surface area contributed by atoms with Gasteiger partial charge in [-0.25, -0.2) is 8.42 Å². The lowest BCUT2D eigenvalue weighted by Crippen LogP contribution is -2.50. The van der Waals surface area contributed by atoms with Gasteiger partial charge >= 0.3 is 0 Å². The number of para-hydroxylation sites is 1. The number of phenols is 1. The number of carbonyl (C=O) groups excluding carboxylic acids is 2. The monoisotopic (exact) mass is 485 g/mol. The Balaban J connectivity index is 1.44. The van der Waals surface area contributed by atoms with Crippen LogP contribution >= 0.6 is 0 Å². The maximum absolute atomic E-state index is 13.2. The van der Waals surface area contributed by atoms with Gasteiger partial charge in [-0.3, -0.25) is 9.59 Å². The van der Waals surface area contributed by atoms with Gasteiger partial charge in [-0.1, -0.05) is 32.0 Å². The average Bonchev–Trinajstić information content (AvgIpc) is 2.83. The summed E-state index contributed by atoms with van der Waals surface area (Å²) in [6.45, 7) is 6.41. The van der Waals surface area contributed by atoms with Gasteiger partial charge in [0, 0.05) is 44.8 Å². The van der Waals surface area contributed by atoms with Crippen LogP contribution < -0.4 is 0 Å². The van der Waals surface area contributed by atoms with E-state index in [1.165, 1.54) is 16.4 Å². The predicted molar refractivity (Wildman–Crippen MR) is 128 cm³/mol. The van der Waals surface area contributed by atoms with Crippen LogP contribution in [0.1, 0.15) is 41.0 Å². The molecule has 2 heterocycles. The summed E-state index contributed by atoms with van der Waals surface area (Å²) < 4.78 is 28.0. The Morgan fingerprint density at radius 3 is 2.06 bits per heavy atom. The van der Waals surface area contributed by atoms with E-state index in [-0.39, 0.29) is 28.0 Å². The number of carbonyl (C=O) groups is 2. The Bertz CT molecular complexity index is 1160. The maximum atomic E-state index is 13.2. The molecule has 2 fully saturated rings. The van der Waals surface area contributed by atoms with Gasteiger partial charge < -0.3 is 14.9 Å². The molecule has 2 aromatic rings. The second kappa shape index (κ2) is 9.76. The predicted octanol–water partition coefficient (Wildman–Crippen LogP) is 2.66. The minimum atomic E-state index is -3.68. The summed E-state index contributed by atoms with van der Waals surface area (Å²) in [6, 6.07) is 12.6. The SMILES string of the molecule is CC1CC(C)CN(S(=O)(=O)c2cccc(C(=O)N3CCN(C(=O)c4ccccc4O)CC3)c2)C1. The van der Waals surface area contributed by atoms with Crippen LogP contribution in [-0.4, -0.2) is 78.7 Å². The molecule has 0 aliphatic carbocycles. The molecule has 2 unspecified atom stereocenters. The summed E-state index contributed by atoms with van der Waals surface area (Å²) in [7, 11) is -3.68. The number of hydrogen-bond acceptors (Lipinski definition) is 5. The van der Waals surface area contributed by atoms with Crippen LogP contribution in [0.25, 0.3) is 0 Å². The molecule has 1 N–H and O–H groups in total. The van der Waals surface area contributed by atoms with Crippen LogP contribution in [0, 0.1) is 11.8 Å². The van der Waals surface area contributed by atoms with Crippen LogP contribution in [0.5, 0.6) is 5.75 Å². The normalized spacial score (nSPS) is 21.9. The van der Waals surface area contributed by atoms with E-state index in [0.717, 1.165) is 6.42 Å². The molecule has 0 bridgehead atoms. The zero-order valence-corrected chi connectivity index (χ0v) is 20.4. The zero-order chi connectivity index (χ0) is 24.5. The lowest BCUT2D eigenvalue weighted by molar-refractivity contribution is 0.0533. The van der Waals surface area contributed by atoms with Gasteiger partial charge in [0.05, 0.1) is 10.5 Å². The number of amides is 2. The molecule has 8 nitrogen and oxygen atoms in total. The van der Waals surface area contributed by atoms with Crippen molar-refractivity contribution in [1.82, 2.24) is 14.1 Å². The van der Waals surface area contributed by atoms with Crippen molar-refractivity contribution >= 4 is 21.8 Å². The van der Waals surface area contributed by atoms with Crippen LogP contribution in [-0.2, 0) is 10.0 Å². The molecule has 2 amide bonds. The maximum Gasteiger partial charge on any atom is 0.257 e. The smallest absolute Gasteiger partial charge is 0.257 e. The first-order valence-corrected chi connectivity index (χ1v) is 13.1. The van der Waals surface area contributed by atoms with Gasteiger partial charge in [-0.05, 0) is 48.6 Å². The number of sulfonamides is 1. The third kappa shape index (κ3) is 4.95. The fourth-order valence-electron chi connectivity index (χ4n) is 4.86. The van der Waals surface area contributed by atoms with Gasteiger partial charge in [0.1, 0.15) is 5.75 Å². The Morgan fingerprint density at radius 1 is 0.853 bits per heavy atom. The fourth-order valence-corrected chi connectivity index (χ4v) is 6.59. The lowest BCUT2D eigenvalue weighted by atomic mass is 9.94. The third-order valence-electron chi connectivity index (χ3n) is 6.54. The molecule has 182 valence electrons. The highest BCUT2D eigenvalue weighted by Gasteiger charge is 2.32. The summed E-state index contributed by atoms with van der Waals surface area (Å²) in [5, 5.41) is 9.95. The highest BCUT2D eigenvalue weighted by atomic mass is 32.2. The average molecular weight is 486 g/mol. The van der Waals surface area contributed by atoms with Crippen molar-refractivity contribution in [3.05, 3.63) is 59.7 Å². The first kappa shape index (κ1) is 24.2. The van der Waals surface area contributed by atoms with E-state index < -0.39 is 10.0 Å². The zero-order valence-electron chi connectivity index (χ0n) is 19.6. The van der Waals surface area contributed by atoms with Crippen molar-refractivity contribution in [1.29, 1.82) is 0 Å². The second-order valence-electron chi connectivity index (χ2n) is 9.40. The molecule has 34 heavy (non-hydrogen) atoms. The summed E-state index contributed by atoms with van der Waals surface area (Å²) in [5.74, 6) is -0.0165. The van der Waals surface area contributed by atoms with E-state index in [4.69, 9.17) is 0 Å². The fraction of sp³-hybridized carbons (Fsp3) is 0.440. The Morgan fingerprint density at radius 2 is 1.44 bits per heavy atom. The minimum Gasteiger partial charge on any atom is -0.507 e. The molecule has 2 atom stereocenters. The van der Waals surface area contributed by atoms with Crippen molar-refractivity contribution < 1.29 is 23.1 Å². The van der Waals surface area contributed by atoms with E-state index >= 15 is 0 Å². The van der Waals surface area contributed by atoms with Crippen molar-refractivity contribution in [2.75, 3.05) is 39.3 Å². The van der Waals surface area contributed by atoms with Crippen LogP contribution in [0.4, 0.5) is 0 Å². The molecule has 0 saturated carbocycles. The first-order valence-electron chi connectivity index (χ1n) is 11.6. The number of rotatable bonds is 4. The van der Waals surface area contributed by atoms with Gasteiger partial charge in [0.2, 0.25) is 10.0 Å². The van der Waals surface area contributed by atoms with E-state index in [0.29, 0.717) is 56.7 Å². The molecule has 0 aromatic heterocycles. The molecule has 0 radical (unpaired) electrons. The highest BCUT2D eigenvalue weighted by molar-refractivity contribution is 7.89. The minimum absolute atomic E-state index is 0.0680.